The molecular formula is C16H21ClN2O. The summed E-state index contributed by atoms with van der Waals surface area (Å²) in [5, 5.41) is 4.00. The number of hydrogen-bond donors (Lipinski definition) is 1. The summed E-state index contributed by atoms with van der Waals surface area (Å²) >= 11 is 6.36. The molecule has 1 fully saturated rings. The molecule has 1 N–H and O–H groups in total. The highest BCUT2D eigenvalue weighted by molar-refractivity contribution is 6.32. The maximum absolute atomic E-state index is 12.8. The summed E-state index contributed by atoms with van der Waals surface area (Å²) in [4.78, 5) is 14.7. The Balaban J connectivity index is 1.93. The van der Waals surface area contributed by atoms with E-state index >= 15 is 0 Å². The number of rotatable bonds is 2. The standard InChI is InChI=1S/C16H21ClN2O/c1-10(11-7-18-8-11)15(20)19-9-16(2,3)14-12(17)5-4-6-13(14)19/h4-6,10-11,18H,7-9H2,1-3H3. The van der Waals surface area contributed by atoms with E-state index in [2.05, 4.69) is 19.2 Å². The van der Waals surface area contributed by atoms with E-state index in [4.69, 9.17) is 11.6 Å². The quantitative estimate of drug-likeness (QED) is 0.909. The third-order valence-electron chi connectivity index (χ3n) is 4.69. The van der Waals surface area contributed by atoms with Gasteiger partial charge in [-0.25, -0.2) is 0 Å². The first-order valence-electron chi connectivity index (χ1n) is 7.23. The van der Waals surface area contributed by atoms with Crippen LogP contribution in [0.2, 0.25) is 5.02 Å². The lowest BCUT2D eigenvalue weighted by atomic mass is 9.86. The molecule has 2 heterocycles. The lowest BCUT2D eigenvalue weighted by Gasteiger charge is -2.34. The van der Waals surface area contributed by atoms with E-state index in [1.54, 1.807) is 0 Å². The van der Waals surface area contributed by atoms with E-state index in [9.17, 15) is 4.79 Å². The summed E-state index contributed by atoms with van der Waals surface area (Å²) in [7, 11) is 0. The van der Waals surface area contributed by atoms with E-state index in [0.29, 0.717) is 5.92 Å². The van der Waals surface area contributed by atoms with Gasteiger partial charge in [0, 0.05) is 34.2 Å². The fourth-order valence-electron chi connectivity index (χ4n) is 3.28. The first-order chi connectivity index (χ1) is 9.42. The number of hydrogen-bond acceptors (Lipinski definition) is 2. The van der Waals surface area contributed by atoms with E-state index in [1.807, 2.05) is 30.0 Å². The minimum Gasteiger partial charge on any atom is -0.316 e. The highest BCUT2D eigenvalue weighted by Gasteiger charge is 2.42. The number of fused-ring (bicyclic) bond motifs is 1. The number of nitrogens with one attached hydrogen (secondary N) is 1. The number of amides is 1. The molecular weight excluding hydrogens is 272 g/mol. The van der Waals surface area contributed by atoms with Crippen molar-refractivity contribution in [3.05, 3.63) is 28.8 Å². The smallest absolute Gasteiger partial charge is 0.230 e. The zero-order valence-electron chi connectivity index (χ0n) is 12.2. The van der Waals surface area contributed by atoms with Crippen LogP contribution in [0.4, 0.5) is 5.69 Å². The highest BCUT2D eigenvalue weighted by Crippen LogP contribution is 2.45. The molecule has 1 aromatic rings. The number of halogens is 1. The van der Waals surface area contributed by atoms with Crippen molar-refractivity contribution in [2.24, 2.45) is 11.8 Å². The van der Waals surface area contributed by atoms with Crippen molar-refractivity contribution in [2.45, 2.75) is 26.2 Å². The van der Waals surface area contributed by atoms with Gasteiger partial charge in [-0.2, -0.15) is 0 Å². The average molecular weight is 293 g/mol. The molecule has 108 valence electrons. The van der Waals surface area contributed by atoms with E-state index in [0.717, 1.165) is 35.9 Å². The van der Waals surface area contributed by atoms with Crippen LogP contribution in [0.1, 0.15) is 26.3 Å². The van der Waals surface area contributed by atoms with Crippen LogP contribution in [-0.4, -0.2) is 25.5 Å². The minimum atomic E-state index is -0.0824. The molecule has 0 radical (unpaired) electrons. The molecule has 1 amide bonds. The van der Waals surface area contributed by atoms with Crippen molar-refractivity contribution in [1.29, 1.82) is 0 Å². The van der Waals surface area contributed by atoms with Crippen LogP contribution in [0.15, 0.2) is 18.2 Å². The van der Waals surface area contributed by atoms with Crippen molar-refractivity contribution in [3.8, 4) is 0 Å². The van der Waals surface area contributed by atoms with Gasteiger partial charge in [0.05, 0.1) is 0 Å². The van der Waals surface area contributed by atoms with Gasteiger partial charge < -0.3 is 10.2 Å². The van der Waals surface area contributed by atoms with Gasteiger partial charge in [-0.05, 0) is 31.1 Å². The van der Waals surface area contributed by atoms with Crippen LogP contribution >= 0.6 is 11.6 Å². The second-order valence-corrected chi connectivity index (χ2v) is 7.06. The molecule has 20 heavy (non-hydrogen) atoms. The normalized spacial score (nSPS) is 22.3. The molecule has 1 saturated heterocycles. The van der Waals surface area contributed by atoms with Crippen molar-refractivity contribution in [1.82, 2.24) is 5.32 Å². The molecule has 0 aromatic heterocycles. The second kappa shape index (κ2) is 4.74. The molecule has 2 aliphatic rings. The van der Waals surface area contributed by atoms with Crippen LogP contribution in [0.3, 0.4) is 0 Å². The lowest BCUT2D eigenvalue weighted by Crippen LogP contribution is -2.50. The fraction of sp³-hybridized carbons (Fsp3) is 0.562. The van der Waals surface area contributed by atoms with Gasteiger partial charge in [-0.1, -0.05) is 38.4 Å². The molecule has 1 aromatic carbocycles. The van der Waals surface area contributed by atoms with Crippen molar-refractivity contribution in [3.63, 3.8) is 0 Å². The van der Waals surface area contributed by atoms with E-state index in [1.165, 1.54) is 0 Å². The Hall–Kier alpha value is -1.06. The summed E-state index contributed by atoms with van der Waals surface area (Å²) in [5.74, 6) is 0.761. The topological polar surface area (TPSA) is 32.3 Å². The maximum atomic E-state index is 12.8. The molecule has 3 nitrogen and oxygen atoms in total. The number of anilines is 1. The molecule has 4 heteroatoms. The van der Waals surface area contributed by atoms with Crippen molar-refractivity contribution >= 4 is 23.2 Å². The Kier molecular flexibility index (Phi) is 3.30. The third kappa shape index (κ3) is 2.04. The number of carbonyl (C=O) groups is 1. The average Bonchev–Trinajstić information content (AvgIpc) is 2.59. The van der Waals surface area contributed by atoms with Gasteiger partial charge in [0.1, 0.15) is 0 Å². The Morgan fingerprint density at radius 1 is 1.45 bits per heavy atom. The fourth-order valence-corrected chi connectivity index (χ4v) is 3.70. The van der Waals surface area contributed by atoms with Gasteiger partial charge in [-0.3, -0.25) is 4.79 Å². The Labute approximate surface area is 125 Å². The molecule has 0 aliphatic carbocycles. The summed E-state index contributed by atoms with van der Waals surface area (Å²) < 4.78 is 0. The van der Waals surface area contributed by atoms with Gasteiger partial charge >= 0.3 is 0 Å². The van der Waals surface area contributed by atoms with Crippen LogP contribution < -0.4 is 10.2 Å². The predicted octanol–water partition coefficient (Wildman–Crippen LogP) is 2.82. The summed E-state index contributed by atoms with van der Waals surface area (Å²) in [5.41, 5.74) is 2.02. The highest BCUT2D eigenvalue weighted by atomic mass is 35.5. The molecule has 1 atom stereocenters. The molecule has 1 unspecified atom stereocenters. The lowest BCUT2D eigenvalue weighted by molar-refractivity contribution is -0.124. The van der Waals surface area contributed by atoms with Crippen LogP contribution in [0.25, 0.3) is 0 Å². The molecule has 3 rings (SSSR count). The summed E-state index contributed by atoms with van der Waals surface area (Å²) in [6.07, 6.45) is 0. The number of nitrogens with zero attached hydrogens (tertiary/aromatic N) is 1. The Morgan fingerprint density at radius 3 is 2.75 bits per heavy atom. The third-order valence-corrected chi connectivity index (χ3v) is 5.00. The number of benzene rings is 1. The van der Waals surface area contributed by atoms with Crippen molar-refractivity contribution in [2.75, 3.05) is 24.5 Å². The van der Waals surface area contributed by atoms with Gasteiger partial charge in [0.15, 0.2) is 0 Å². The Morgan fingerprint density at radius 2 is 2.15 bits per heavy atom. The molecule has 2 aliphatic heterocycles. The first-order valence-corrected chi connectivity index (χ1v) is 7.61. The Bertz CT molecular complexity index is 551. The maximum Gasteiger partial charge on any atom is 0.230 e. The van der Waals surface area contributed by atoms with Gasteiger partial charge in [0.2, 0.25) is 5.91 Å². The van der Waals surface area contributed by atoms with E-state index in [-0.39, 0.29) is 17.2 Å². The zero-order valence-corrected chi connectivity index (χ0v) is 13.0. The molecule has 0 saturated carbocycles. The van der Waals surface area contributed by atoms with Gasteiger partial charge in [0.25, 0.3) is 0 Å². The van der Waals surface area contributed by atoms with E-state index < -0.39 is 0 Å². The number of carbonyl (C=O) groups excluding carboxylic acids is 1. The first kappa shape index (κ1) is 13.9. The second-order valence-electron chi connectivity index (χ2n) is 6.65. The van der Waals surface area contributed by atoms with Crippen LogP contribution in [-0.2, 0) is 10.2 Å². The van der Waals surface area contributed by atoms with Crippen molar-refractivity contribution < 1.29 is 4.79 Å². The SMILES string of the molecule is CC(C(=O)N1CC(C)(C)c2c(Cl)cccc21)C1CNC1. The monoisotopic (exact) mass is 292 g/mol. The minimum absolute atomic E-state index is 0.0666. The van der Waals surface area contributed by atoms with Crippen LogP contribution in [0.5, 0.6) is 0 Å². The molecule has 0 spiro atoms. The molecule has 0 bridgehead atoms. The largest absolute Gasteiger partial charge is 0.316 e. The summed E-state index contributed by atoms with van der Waals surface area (Å²) in [6, 6.07) is 5.85. The summed E-state index contributed by atoms with van der Waals surface area (Å²) in [6.45, 7) is 8.97. The van der Waals surface area contributed by atoms with Crippen LogP contribution in [0, 0.1) is 11.8 Å². The predicted molar refractivity (Wildman–Crippen MR) is 82.4 cm³/mol. The zero-order chi connectivity index (χ0) is 14.5. The van der Waals surface area contributed by atoms with Gasteiger partial charge in [-0.15, -0.1) is 0 Å².